The van der Waals surface area contributed by atoms with Crippen LogP contribution in [0, 0.1) is 5.92 Å². The van der Waals surface area contributed by atoms with Crippen LogP contribution in [0.15, 0.2) is 5.10 Å². The maximum Gasteiger partial charge on any atom is 0.122 e. The van der Waals surface area contributed by atoms with Crippen LogP contribution in [0.1, 0.15) is 12.8 Å². The van der Waals surface area contributed by atoms with E-state index in [4.69, 9.17) is 11.6 Å². The number of nitrogens with two attached hydrogens (primary N) is 2. The second-order valence-electron chi connectivity index (χ2n) is 1.83. The molecule has 4 N–H and O–H groups in total. The second kappa shape index (κ2) is 1.40. The first kappa shape index (κ1) is 4.43. The van der Waals surface area contributed by atoms with E-state index in [0.717, 1.165) is 0 Å². The van der Waals surface area contributed by atoms with E-state index < -0.39 is 0 Å². The molecule has 40 valence electrons. The molecule has 1 saturated carbocycles. The van der Waals surface area contributed by atoms with Gasteiger partial charge in [0.05, 0.1) is 0 Å². The van der Waals surface area contributed by atoms with E-state index in [1.165, 1.54) is 12.8 Å². The van der Waals surface area contributed by atoms with Gasteiger partial charge in [-0.1, -0.05) is 0 Å². The van der Waals surface area contributed by atoms with Crippen LogP contribution in [0.3, 0.4) is 0 Å². The zero-order valence-electron chi connectivity index (χ0n) is 4.09. The highest BCUT2D eigenvalue weighted by molar-refractivity contribution is 5.84. The molecule has 0 aromatic carbocycles. The molecule has 0 atom stereocenters. The average molecular weight is 99.1 g/mol. The van der Waals surface area contributed by atoms with Crippen molar-refractivity contribution in [2.45, 2.75) is 12.8 Å². The molecule has 1 aliphatic rings. The molecule has 0 unspecified atom stereocenters. The number of rotatable bonds is 1. The van der Waals surface area contributed by atoms with Gasteiger partial charge >= 0.3 is 0 Å². The third-order valence-electron chi connectivity index (χ3n) is 1.14. The largest absolute Gasteiger partial charge is 0.386 e. The van der Waals surface area contributed by atoms with E-state index in [2.05, 4.69) is 5.10 Å². The molecule has 0 radical (unpaired) electrons. The Balaban J connectivity index is 2.37. The average Bonchev–Trinajstić information content (AvgIpc) is 2.44. The predicted molar refractivity (Wildman–Crippen MR) is 28.5 cm³/mol. The minimum Gasteiger partial charge on any atom is -0.386 e. The summed E-state index contributed by atoms with van der Waals surface area (Å²) < 4.78 is 0. The van der Waals surface area contributed by atoms with Crippen LogP contribution in [-0.2, 0) is 0 Å². The first-order valence-corrected chi connectivity index (χ1v) is 2.38. The number of nitrogens with zero attached hydrogens (tertiary/aromatic N) is 1. The Labute approximate surface area is 42.4 Å². The highest BCUT2D eigenvalue weighted by Gasteiger charge is 2.25. The van der Waals surface area contributed by atoms with E-state index in [1.54, 1.807) is 0 Å². The first-order chi connectivity index (χ1) is 3.34. The lowest BCUT2D eigenvalue weighted by Crippen LogP contribution is -2.15. The summed E-state index contributed by atoms with van der Waals surface area (Å²) in [4.78, 5) is 0. The van der Waals surface area contributed by atoms with E-state index in [9.17, 15) is 0 Å². The molecule has 3 heteroatoms. The molecule has 0 aromatic rings. The highest BCUT2D eigenvalue weighted by Crippen LogP contribution is 2.28. The van der Waals surface area contributed by atoms with Crippen LogP contribution in [0.5, 0.6) is 0 Å². The Morgan fingerprint density at radius 2 is 2.14 bits per heavy atom. The summed E-state index contributed by atoms with van der Waals surface area (Å²) in [5.74, 6) is 6.01. The van der Waals surface area contributed by atoms with Crippen molar-refractivity contribution in [1.29, 1.82) is 0 Å². The number of hydrogen-bond donors (Lipinski definition) is 2. The summed E-state index contributed by atoms with van der Waals surface area (Å²) in [6, 6.07) is 0. The van der Waals surface area contributed by atoms with Crippen LogP contribution < -0.4 is 11.6 Å². The second-order valence-corrected chi connectivity index (χ2v) is 1.83. The van der Waals surface area contributed by atoms with Crippen LogP contribution >= 0.6 is 0 Å². The van der Waals surface area contributed by atoms with Crippen LogP contribution in [0.2, 0.25) is 0 Å². The van der Waals surface area contributed by atoms with Gasteiger partial charge in [0.2, 0.25) is 0 Å². The molecule has 7 heavy (non-hydrogen) atoms. The van der Waals surface area contributed by atoms with Gasteiger partial charge in [-0.25, -0.2) is 0 Å². The monoisotopic (exact) mass is 99.1 g/mol. The molecule has 0 bridgehead atoms. The molecule has 0 aromatic heterocycles. The van der Waals surface area contributed by atoms with Crippen molar-refractivity contribution >= 4 is 5.84 Å². The maximum absolute atomic E-state index is 5.30. The van der Waals surface area contributed by atoms with Crippen molar-refractivity contribution < 1.29 is 0 Å². The van der Waals surface area contributed by atoms with Gasteiger partial charge in [-0.2, -0.15) is 5.10 Å². The predicted octanol–water partition coefficient (Wildman–Crippen LogP) is -0.373. The molecule has 1 aliphatic carbocycles. The minimum absolute atomic E-state index is 0.519. The minimum atomic E-state index is 0.519. The lowest BCUT2D eigenvalue weighted by Gasteiger charge is -1.87. The van der Waals surface area contributed by atoms with Crippen LogP contribution in [-0.4, -0.2) is 5.84 Å². The van der Waals surface area contributed by atoms with E-state index in [-0.39, 0.29) is 0 Å². The Morgan fingerprint density at radius 3 is 2.29 bits per heavy atom. The molecule has 3 nitrogen and oxygen atoms in total. The van der Waals surface area contributed by atoms with E-state index in [1.807, 2.05) is 0 Å². The SMILES string of the molecule is N/N=C(/N)C1CC1. The summed E-state index contributed by atoms with van der Waals surface area (Å²) in [5, 5.41) is 3.34. The lowest BCUT2D eigenvalue weighted by atomic mass is 10.4. The van der Waals surface area contributed by atoms with Crippen molar-refractivity contribution in [3.63, 3.8) is 0 Å². The fourth-order valence-corrected chi connectivity index (χ4v) is 0.485. The van der Waals surface area contributed by atoms with Gasteiger partial charge in [-0.15, -0.1) is 0 Å². The standard InChI is InChI=1S/C4H9N3/c5-4(7-6)3-1-2-3/h3H,1-2,6H2,(H2,5,7). The Morgan fingerprint density at radius 1 is 1.57 bits per heavy atom. The fourth-order valence-electron chi connectivity index (χ4n) is 0.485. The van der Waals surface area contributed by atoms with Crippen molar-refractivity contribution in [3.05, 3.63) is 0 Å². The molecule has 0 heterocycles. The zero-order chi connectivity index (χ0) is 5.28. The third kappa shape index (κ3) is 0.824. The van der Waals surface area contributed by atoms with Gasteiger partial charge in [0.25, 0.3) is 0 Å². The van der Waals surface area contributed by atoms with E-state index >= 15 is 0 Å². The van der Waals surface area contributed by atoms with Gasteiger partial charge in [0, 0.05) is 5.92 Å². The fraction of sp³-hybridized carbons (Fsp3) is 0.750. The molecule has 1 rings (SSSR count). The Bertz CT molecular complexity index is 93.1. The Hall–Kier alpha value is -0.730. The molecule has 0 amide bonds. The van der Waals surface area contributed by atoms with Crippen molar-refractivity contribution in [2.75, 3.05) is 0 Å². The summed E-state index contributed by atoms with van der Waals surface area (Å²) >= 11 is 0. The molecule has 0 saturated heterocycles. The maximum atomic E-state index is 5.30. The topological polar surface area (TPSA) is 64.4 Å². The summed E-state index contributed by atoms with van der Waals surface area (Å²) in [6.07, 6.45) is 2.35. The number of amidine groups is 1. The third-order valence-corrected chi connectivity index (χ3v) is 1.14. The zero-order valence-corrected chi connectivity index (χ0v) is 4.09. The highest BCUT2D eigenvalue weighted by atomic mass is 15.2. The summed E-state index contributed by atoms with van der Waals surface area (Å²) in [6.45, 7) is 0. The summed E-state index contributed by atoms with van der Waals surface area (Å²) in [5.41, 5.74) is 5.30. The lowest BCUT2D eigenvalue weighted by molar-refractivity contribution is 1.10. The molecular weight excluding hydrogens is 90.1 g/mol. The van der Waals surface area contributed by atoms with Crippen molar-refractivity contribution in [3.8, 4) is 0 Å². The van der Waals surface area contributed by atoms with Gasteiger partial charge in [-0.3, -0.25) is 0 Å². The Kier molecular flexibility index (Phi) is 0.889. The molecule has 0 aliphatic heterocycles. The van der Waals surface area contributed by atoms with Crippen molar-refractivity contribution in [1.82, 2.24) is 0 Å². The first-order valence-electron chi connectivity index (χ1n) is 2.38. The van der Waals surface area contributed by atoms with Gasteiger partial charge in [0.1, 0.15) is 5.84 Å². The van der Waals surface area contributed by atoms with Crippen LogP contribution in [0.25, 0.3) is 0 Å². The normalized spacial score (nSPS) is 22.6. The van der Waals surface area contributed by atoms with E-state index in [0.29, 0.717) is 11.8 Å². The van der Waals surface area contributed by atoms with Crippen LogP contribution in [0.4, 0.5) is 0 Å². The molecule has 1 fully saturated rings. The summed E-state index contributed by atoms with van der Waals surface area (Å²) in [7, 11) is 0. The molecule has 0 spiro atoms. The van der Waals surface area contributed by atoms with Gasteiger partial charge < -0.3 is 11.6 Å². The smallest absolute Gasteiger partial charge is 0.122 e. The quantitative estimate of drug-likeness (QED) is 0.204. The number of hydrogen-bond acceptors (Lipinski definition) is 2. The van der Waals surface area contributed by atoms with Crippen molar-refractivity contribution in [2.24, 2.45) is 22.6 Å². The number of hydrazone groups is 1. The van der Waals surface area contributed by atoms with Gasteiger partial charge in [0.15, 0.2) is 0 Å². The molecular formula is C4H9N3. The van der Waals surface area contributed by atoms with Gasteiger partial charge in [-0.05, 0) is 12.8 Å².